The predicted octanol–water partition coefficient (Wildman–Crippen LogP) is 6.66. The van der Waals surface area contributed by atoms with Gasteiger partial charge in [0.1, 0.15) is 0 Å². The number of piperidine rings is 2. The van der Waals surface area contributed by atoms with E-state index in [-0.39, 0.29) is 34.0 Å². The first-order valence-electron chi connectivity index (χ1n) is 22.8. The fourth-order valence-electron chi connectivity index (χ4n) is 12.9. The van der Waals surface area contributed by atoms with Crippen molar-refractivity contribution in [1.29, 1.82) is 0 Å². The van der Waals surface area contributed by atoms with Gasteiger partial charge in [0, 0.05) is 62.5 Å². The number of carbonyl (C=O) groups excluding carboxylic acids is 2. The van der Waals surface area contributed by atoms with Gasteiger partial charge in [-0.2, -0.15) is 0 Å². The first kappa shape index (κ1) is 41.0. The number of pyridine rings is 2. The molecule has 2 aromatic heterocycles. The Kier molecular flexibility index (Phi) is 12.1. The van der Waals surface area contributed by atoms with Crippen molar-refractivity contribution >= 4 is 11.8 Å². The van der Waals surface area contributed by atoms with E-state index in [1.54, 1.807) is 12.1 Å². The highest BCUT2D eigenvalue weighted by Gasteiger charge is 2.58. The van der Waals surface area contributed by atoms with Gasteiger partial charge in [-0.05, 0) is 152 Å². The van der Waals surface area contributed by atoms with E-state index in [1.807, 2.05) is 12.1 Å². The lowest BCUT2D eigenvalue weighted by atomic mass is 9.56. The number of unbranched alkanes of at least 4 members (excludes halogenated alkanes) is 5. The summed E-state index contributed by atoms with van der Waals surface area (Å²) in [5.74, 6) is 2.09. The van der Waals surface area contributed by atoms with Gasteiger partial charge in [0.05, 0.1) is 11.1 Å². The number of nitrogens with zero attached hydrogens (tertiary/aromatic N) is 4. The van der Waals surface area contributed by atoms with Gasteiger partial charge in [-0.1, -0.05) is 49.0 Å². The largest absolute Gasteiger partial charge is 0.332 e. The highest BCUT2D eigenvalue weighted by molar-refractivity contribution is 5.79. The molecule has 10 heteroatoms. The number of nitrogens with one attached hydrogen (secondary N) is 2. The maximum absolute atomic E-state index is 14.0. The molecule has 2 N–H and O–H groups in total. The summed E-state index contributed by atoms with van der Waals surface area (Å²) in [4.78, 5) is 68.0. The van der Waals surface area contributed by atoms with E-state index < -0.39 is 0 Å². The van der Waals surface area contributed by atoms with Crippen LogP contribution in [0.4, 0.5) is 0 Å². The van der Waals surface area contributed by atoms with Gasteiger partial charge >= 0.3 is 0 Å². The van der Waals surface area contributed by atoms with Crippen molar-refractivity contribution in [2.24, 2.45) is 23.7 Å². The van der Waals surface area contributed by atoms with Crippen LogP contribution in [0.15, 0.2) is 57.2 Å². The van der Waals surface area contributed by atoms with E-state index in [0.29, 0.717) is 36.5 Å². The summed E-state index contributed by atoms with van der Waals surface area (Å²) in [6.45, 7) is 9.57. The van der Waals surface area contributed by atoms with Crippen LogP contribution in [-0.2, 0) is 33.5 Å². The Bertz CT molecular complexity index is 1890. The van der Waals surface area contributed by atoms with Gasteiger partial charge in [-0.25, -0.2) is 0 Å². The molecule has 0 spiro atoms. The fourth-order valence-corrected chi connectivity index (χ4v) is 12.9. The SMILES string of the molecule is CC1=C[C@H]2Cc3[nH]c(=O)ccc3[C@]3(C1)[C@@H]2CCCN3C(=O)CCN(C)CCCCCCCCN(C)CCC(=O)N1CCC[C@@H]2[C@H]3C=C(C)C[C@@]21c1ccc(=O)[nH]c1C3. The third kappa shape index (κ3) is 7.73. The molecule has 4 aliphatic carbocycles. The zero-order valence-electron chi connectivity index (χ0n) is 35.8. The maximum atomic E-state index is 14.0. The molecule has 0 aromatic carbocycles. The summed E-state index contributed by atoms with van der Waals surface area (Å²) in [5.41, 5.74) is 6.37. The normalized spacial score (nSPS) is 28.3. The molecule has 2 amide bonds. The lowest BCUT2D eigenvalue weighted by molar-refractivity contribution is -0.149. The summed E-state index contributed by atoms with van der Waals surface area (Å²) in [7, 11) is 4.30. The molecule has 2 aromatic rings. The zero-order valence-corrected chi connectivity index (χ0v) is 35.8. The summed E-state index contributed by atoms with van der Waals surface area (Å²) in [6, 6.07) is 7.34. The van der Waals surface area contributed by atoms with Crippen LogP contribution in [0, 0.1) is 23.7 Å². The Hall–Kier alpha value is -3.76. The fraction of sp³-hybridized carbons (Fsp3) is 0.667. The Labute approximate surface area is 345 Å². The summed E-state index contributed by atoms with van der Waals surface area (Å²) in [6.07, 6.45) is 20.8. The Morgan fingerprint density at radius 3 is 1.48 bits per heavy atom. The van der Waals surface area contributed by atoms with Gasteiger partial charge in [-0.15, -0.1) is 0 Å². The van der Waals surface area contributed by atoms with Gasteiger partial charge < -0.3 is 29.6 Å². The second-order valence-corrected chi connectivity index (χ2v) is 19.2. The second-order valence-electron chi connectivity index (χ2n) is 19.2. The van der Waals surface area contributed by atoms with Crippen molar-refractivity contribution in [3.05, 3.63) is 90.8 Å². The number of hydrogen-bond acceptors (Lipinski definition) is 6. The van der Waals surface area contributed by atoms with Crippen molar-refractivity contribution in [1.82, 2.24) is 29.6 Å². The zero-order chi connectivity index (χ0) is 40.6. The van der Waals surface area contributed by atoms with Crippen molar-refractivity contribution in [3.8, 4) is 0 Å². The molecular weight excluding hydrogens is 725 g/mol. The van der Waals surface area contributed by atoms with Crippen molar-refractivity contribution < 1.29 is 9.59 Å². The van der Waals surface area contributed by atoms with E-state index in [4.69, 9.17) is 0 Å². The number of likely N-dealkylation sites (tertiary alicyclic amines) is 2. The standard InChI is InChI=1S/C48H68N6O4/c1-33-27-35-29-41-39(15-17-43(55)49-41)47(31-33)37(35)13-11-23-53(47)45(57)19-25-51(3)21-9-7-5-6-8-10-22-52(4)26-20-46(58)54-24-12-14-38-36-28-34(2)32-48(38,54)40-16-18-44(56)50-42(40)30-36/h15-18,27-28,35-38H,5-14,19-26,29-32H2,1-4H3,(H,49,55)(H,50,56)/t35-,36-,37+,38+,47-,48-/m0/s1. The highest BCUT2D eigenvalue weighted by Crippen LogP contribution is 2.58. The number of aromatic amines is 2. The van der Waals surface area contributed by atoms with Crippen LogP contribution in [0.5, 0.6) is 0 Å². The van der Waals surface area contributed by atoms with Crippen molar-refractivity contribution in [2.45, 2.75) is 128 Å². The number of amides is 2. The van der Waals surface area contributed by atoms with Crippen LogP contribution in [-0.4, -0.2) is 94.7 Å². The number of fused-ring (bicyclic) bond motifs is 2. The highest BCUT2D eigenvalue weighted by atomic mass is 16.2. The topological polar surface area (TPSA) is 113 Å². The number of allylic oxidation sites excluding steroid dienone is 2. The minimum atomic E-state index is -0.332. The van der Waals surface area contributed by atoms with Crippen LogP contribution in [0.3, 0.4) is 0 Å². The Morgan fingerprint density at radius 1 is 0.638 bits per heavy atom. The smallest absolute Gasteiger partial charge is 0.248 e. The molecule has 4 heterocycles. The molecule has 0 unspecified atom stereocenters. The first-order valence-corrected chi connectivity index (χ1v) is 22.8. The minimum Gasteiger partial charge on any atom is -0.332 e. The molecule has 58 heavy (non-hydrogen) atoms. The van der Waals surface area contributed by atoms with Crippen LogP contribution < -0.4 is 11.1 Å². The van der Waals surface area contributed by atoms with E-state index in [9.17, 15) is 19.2 Å². The lowest BCUT2D eigenvalue weighted by Crippen LogP contribution is -2.62. The van der Waals surface area contributed by atoms with Crippen molar-refractivity contribution in [2.75, 3.05) is 53.4 Å². The van der Waals surface area contributed by atoms with E-state index in [2.05, 4.69) is 69.7 Å². The molecule has 4 bridgehead atoms. The van der Waals surface area contributed by atoms with Crippen LogP contribution in [0.1, 0.15) is 126 Å². The quantitative estimate of drug-likeness (QED) is 0.154. The summed E-state index contributed by atoms with van der Waals surface area (Å²) in [5, 5.41) is 0. The third-order valence-corrected chi connectivity index (χ3v) is 15.3. The number of aromatic nitrogens is 2. The van der Waals surface area contributed by atoms with Crippen LogP contribution >= 0.6 is 0 Å². The van der Waals surface area contributed by atoms with Gasteiger partial charge in [0.2, 0.25) is 22.9 Å². The van der Waals surface area contributed by atoms with Gasteiger partial charge in [0.25, 0.3) is 0 Å². The van der Waals surface area contributed by atoms with E-state index >= 15 is 0 Å². The molecule has 2 saturated heterocycles. The molecule has 8 rings (SSSR count). The average molecular weight is 793 g/mol. The number of rotatable bonds is 15. The number of H-pyrrole nitrogens is 2. The molecule has 6 atom stereocenters. The lowest BCUT2D eigenvalue weighted by Gasteiger charge is -2.59. The third-order valence-electron chi connectivity index (χ3n) is 15.3. The second kappa shape index (κ2) is 17.1. The molecule has 6 aliphatic rings. The molecule has 0 saturated carbocycles. The molecule has 10 nitrogen and oxygen atoms in total. The minimum absolute atomic E-state index is 0.0513. The summed E-state index contributed by atoms with van der Waals surface area (Å²) < 4.78 is 0. The Morgan fingerprint density at radius 2 is 1.05 bits per heavy atom. The van der Waals surface area contributed by atoms with Gasteiger partial charge in [0.15, 0.2) is 0 Å². The van der Waals surface area contributed by atoms with E-state index in [1.165, 1.54) is 48.0 Å². The molecular formula is C48H68N6O4. The Balaban J connectivity index is 0.736. The maximum Gasteiger partial charge on any atom is 0.248 e. The van der Waals surface area contributed by atoms with Crippen LogP contribution in [0.25, 0.3) is 0 Å². The number of hydrogen-bond donors (Lipinski definition) is 2. The number of carbonyl (C=O) groups is 2. The molecule has 2 fully saturated rings. The van der Waals surface area contributed by atoms with Crippen LogP contribution in [0.2, 0.25) is 0 Å². The van der Waals surface area contributed by atoms with E-state index in [0.717, 1.165) is 115 Å². The first-order chi connectivity index (χ1) is 28.0. The molecule has 2 aliphatic heterocycles. The molecule has 0 radical (unpaired) electrons. The predicted molar refractivity (Wildman–Crippen MR) is 229 cm³/mol. The molecule has 314 valence electrons. The summed E-state index contributed by atoms with van der Waals surface area (Å²) >= 11 is 0. The monoisotopic (exact) mass is 793 g/mol. The average Bonchev–Trinajstić information content (AvgIpc) is 3.18. The van der Waals surface area contributed by atoms with Gasteiger partial charge in [-0.3, -0.25) is 19.2 Å². The van der Waals surface area contributed by atoms with Crippen molar-refractivity contribution in [3.63, 3.8) is 0 Å².